The molecule has 0 saturated carbocycles. The van der Waals surface area contributed by atoms with Crippen molar-refractivity contribution in [3.05, 3.63) is 18.2 Å². The molecule has 1 aromatic carbocycles. The molecule has 20 heavy (non-hydrogen) atoms. The molecule has 1 unspecified atom stereocenters. The van der Waals surface area contributed by atoms with Crippen LogP contribution in [-0.2, 0) is 10.0 Å². The maximum atomic E-state index is 11.5. The Balaban J connectivity index is 2.41. The summed E-state index contributed by atoms with van der Waals surface area (Å²) in [6, 6.07) is 5.06. The molecule has 1 aromatic rings. The highest BCUT2D eigenvalue weighted by molar-refractivity contribution is 7.89. The summed E-state index contributed by atoms with van der Waals surface area (Å²) in [5.41, 5.74) is 6.88. The van der Waals surface area contributed by atoms with Gasteiger partial charge in [0.1, 0.15) is 4.90 Å². The summed E-state index contributed by atoms with van der Waals surface area (Å²) in [6.07, 6.45) is 3.76. The molecule has 0 radical (unpaired) electrons. The van der Waals surface area contributed by atoms with E-state index in [1.54, 1.807) is 12.1 Å². The Kier molecular flexibility index (Phi) is 4.52. The van der Waals surface area contributed by atoms with Gasteiger partial charge < -0.3 is 15.7 Å². The van der Waals surface area contributed by atoms with Crippen LogP contribution in [-0.4, -0.2) is 32.7 Å². The number of anilines is 2. The molecule has 2 rings (SSSR count). The molecule has 1 aliphatic rings. The summed E-state index contributed by atoms with van der Waals surface area (Å²) >= 11 is 0. The van der Waals surface area contributed by atoms with E-state index in [1.807, 2.05) is 0 Å². The zero-order valence-electron chi connectivity index (χ0n) is 11.3. The molecule has 1 saturated heterocycles. The number of sulfonamides is 1. The quantitative estimate of drug-likeness (QED) is 0.707. The molecule has 0 bridgehead atoms. The first kappa shape index (κ1) is 15.1. The van der Waals surface area contributed by atoms with Crippen molar-refractivity contribution in [2.75, 3.05) is 23.8 Å². The molecule has 7 heteroatoms. The van der Waals surface area contributed by atoms with Crippen molar-refractivity contribution in [1.82, 2.24) is 0 Å². The standard InChI is InChI=1S/C13H21N3O3S/c14-13-11(5-3-6-12(13)20(15,18)19)16-8-2-1-4-10(16)7-9-17/h3,5-6,10,17H,1-2,4,7-9,14H2,(H2,15,18,19). The molecule has 0 spiro atoms. The first-order chi connectivity index (χ1) is 9.45. The molecule has 6 nitrogen and oxygen atoms in total. The van der Waals surface area contributed by atoms with Gasteiger partial charge in [0.2, 0.25) is 10.0 Å². The minimum absolute atomic E-state index is 0.0386. The zero-order valence-corrected chi connectivity index (χ0v) is 12.1. The van der Waals surface area contributed by atoms with Crippen molar-refractivity contribution >= 4 is 21.4 Å². The molecule has 1 atom stereocenters. The van der Waals surface area contributed by atoms with Gasteiger partial charge in [-0.25, -0.2) is 13.6 Å². The lowest BCUT2D eigenvalue weighted by molar-refractivity contribution is 0.262. The number of hydrogen-bond donors (Lipinski definition) is 3. The number of aliphatic hydroxyl groups is 1. The Morgan fingerprint density at radius 3 is 2.75 bits per heavy atom. The fraction of sp³-hybridized carbons (Fsp3) is 0.538. The Bertz CT molecular complexity index is 572. The average molecular weight is 299 g/mol. The Morgan fingerprint density at radius 2 is 2.10 bits per heavy atom. The first-order valence-electron chi connectivity index (χ1n) is 6.74. The van der Waals surface area contributed by atoms with Gasteiger partial charge in [-0.1, -0.05) is 6.07 Å². The van der Waals surface area contributed by atoms with E-state index >= 15 is 0 Å². The number of aliphatic hydroxyl groups excluding tert-OH is 1. The van der Waals surface area contributed by atoms with Crippen LogP contribution in [0.2, 0.25) is 0 Å². The fourth-order valence-corrected chi connectivity index (χ4v) is 3.48. The zero-order chi connectivity index (χ0) is 14.8. The van der Waals surface area contributed by atoms with Gasteiger partial charge in [-0.2, -0.15) is 0 Å². The second-order valence-corrected chi connectivity index (χ2v) is 6.62. The highest BCUT2D eigenvalue weighted by Crippen LogP contribution is 2.34. The third-order valence-corrected chi connectivity index (χ3v) is 4.72. The van der Waals surface area contributed by atoms with Crippen LogP contribution in [0.15, 0.2) is 23.1 Å². The van der Waals surface area contributed by atoms with E-state index in [9.17, 15) is 8.42 Å². The number of piperidine rings is 1. The lowest BCUT2D eigenvalue weighted by Gasteiger charge is -2.38. The largest absolute Gasteiger partial charge is 0.396 e. The van der Waals surface area contributed by atoms with Crippen molar-refractivity contribution in [2.45, 2.75) is 36.6 Å². The van der Waals surface area contributed by atoms with Gasteiger partial charge in [-0.3, -0.25) is 0 Å². The Labute approximate surface area is 119 Å². The van der Waals surface area contributed by atoms with Gasteiger partial charge >= 0.3 is 0 Å². The number of nitrogens with two attached hydrogens (primary N) is 2. The summed E-state index contributed by atoms with van der Waals surface area (Å²) in [5, 5.41) is 14.3. The molecule has 112 valence electrons. The van der Waals surface area contributed by atoms with E-state index in [1.165, 1.54) is 6.07 Å². The van der Waals surface area contributed by atoms with Gasteiger partial charge in [0, 0.05) is 19.2 Å². The number of nitrogen functional groups attached to an aromatic ring is 1. The van der Waals surface area contributed by atoms with E-state index in [0.29, 0.717) is 12.1 Å². The average Bonchev–Trinajstić information content (AvgIpc) is 2.39. The van der Waals surface area contributed by atoms with Gasteiger partial charge in [0.25, 0.3) is 0 Å². The van der Waals surface area contributed by atoms with E-state index in [0.717, 1.165) is 25.8 Å². The molecular weight excluding hydrogens is 278 g/mol. The summed E-state index contributed by atoms with van der Waals surface area (Å²) in [5.74, 6) is 0. The van der Waals surface area contributed by atoms with E-state index in [-0.39, 0.29) is 23.2 Å². The number of rotatable bonds is 4. The van der Waals surface area contributed by atoms with Crippen molar-refractivity contribution in [2.24, 2.45) is 5.14 Å². The summed E-state index contributed by atoms with van der Waals surface area (Å²) < 4.78 is 23.1. The molecule has 1 aliphatic heterocycles. The van der Waals surface area contributed by atoms with Gasteiger partial charge in [0.15, 0.2) is 0 Å². The SMILES string of the molecule is Nc1c(N2CCCCC2CCO)cccc1S(N)(=O)=O. The van der Waals surface area contributed by atoms with Crippen LogP contribution in [0.1, 0.15) is 25.7 Å². The molecule has 0 aromatic heterocycles. The second kappa shape index (κ2) is 5.99. The van der Waals surface area contributed by atoms with Crippen LogP contribution in [0.4, 0.5) is 11.4 Å². The molecular formula is C13H21N3O3S. The number of hydrogen-bond acceptors (Lipinski definition) is 5. The predicted molar refractivity (Wildman–Crippen MR) is 78.9 cm³/mol. The molecule has 0 amide bonds. The number of nitrogens with zero attached hydrogens (tertiary/aromatic N) is 1. The molecule has 5 N–H and O–H groups in total. The maximum absolute atomic E-state index is 11.5. The summed E-state index contributed by atoms with van der Waals surface area (Å²) in [7, 11) is -3.83. The predicted octanol–water partition coefficient (Wildman–Crippen LogP) is 0.658. The van der Waals surface area contributed by atoms with Crippen LogP contribution in [0, 0.1) is 0 Å². The summed E-state index contributed by atoms with van der Waals surface area (Å²) in [4.78, 5) is 2.05. The highest BCUT2D eigenvalue weighted by Gasteiger charge is 2.25. The van der Waals surface area contributed by atoms with Crippen LogP contribution < -0.4 is 15.8 Å². The first-order valence-corrected chi connectivity index (χ1v) is 8.28. The fourth-order valence-electron chi connectivity index (χ4n) is 2.80. The number of benzene rings is 1. The molecule has 1 heterocycles. The van der Waals surface area contributed by atoms with Crippen LogP contribution in [0.25, 0.3) is 0 Å². The number of primary sulfonamides is 1. The van der Waals surface area contributed by atoms with Gasteiger partial charge in [-0.15, -0.1) is 0 Å². The van der Waals surface area contributed by atoms with Crippen molar-refractivity contribution in [1.29, 1.82) is 0 Å². The van der Waals surface area contributed by atoms with Crippen LogP contribution in [0.3, 0.4) is 0 Å². The highest BCUT2D eigenvalue weighted by atomic mass is 32.2. The minimum atomic E-state index is -3.83. The van der Waals surface area contributed by atoms with E-state index in [4.69, 9.17) is 16.0 Å². The van der Waals surface area contributed by atoms with Crippen LogP contribution in [0.5, 0.6) is 0 Å². The lowest BCUT2D eigenvalue weighted by Crippen LogP contribution is -2.40. The third kappa shape index (κ3) is 3.05. The van der Waals surface area contributed by atoms with E-state index in [2.05, 4.69) is 4.90 Å². The molecule has 1 fully saturated rings. The monoisotopic (exact) mass is 299 g/mol. The van der Waals surface area contributed by atoms with Crippen molar-refractivity contribution in [3.63, 3.8) is 0 Å². The van der Waals surface area contributed by atoms with Gasteiger partial charge in [-0.05, 0) is 37.8 Å². The van der Waals surface area contributed by atoms with Crippen molar-refractivity contribution in [3.8, 4) is 0 Å². The molecule has 0 aliphatic carbocycles. The smallest absolute Gasteiger partial charge is 0.240 e. The van der Waals surface area contributed by atoms with Gasteiger partial charge in [0.05, 0.1) is 11.4 Å². The Hall–Kier alpha value is -1.31. The minimum Gasteiger partial charge on any atom is -0.396 e. The Morgan fingerprint density at radius 1 is 1.35 bits per heavy atom. The van der Waals surface area contributed by atoms with Crippen LogP contribution >= 0.6 is 0 Å². The number of para-hydroxylation sites is 1. The maximum Gasteiger partial charge on any atom is 0.240 e. The third-order valence-electron chi connectivity index (χ3n) is 3.75. The second-order valence-electron chi connectivity index (χ2n) is 5.09. The van der Waals surface area contributed by atoms with E-state index < -0.39 is 10.0 Å². The summed E-state index contributed by atoms with van der Waals surface area (Å²) in [6.45, 7) is 0.916. The topological polar surface area (TPSA) is 110 Å². The van der Waals surface area contributed by atoms with Crippen molar-refractivity contribution < 1.29 is 13.5 Å². The normalized spacial score (nSPS) is 20.1. The lowest BCUT2D eigenvalue weighted by atomic mass is 9.98.